The third-order valence-corrected chi connectivity index (χ3v) is 3.85. The average molecular weight is 254 g/mol. The summed E-state index contributed by atoms with van der Waals surface area (Å²) in [6.45, 7) is 3.64. The first-order valence-electron chi connectivity index (χ1n) is 6.46. The van der Waals surface area contributed by atoms with Crippen molar-refractivity contribution in [1.82, 2.24) is 0 Å². The van der Waals surface area contributed by atoms with Crippen LogP contribution in [-0.2, 0) is 6.42 Å². The molecule has 0 fully saturated rings. The summed E-state index contributed by atoms with van der Waals surface area (Å²) in [5, 5.41) is 0. The molecule has 96 valence electrons. The van der Waals surface area contributed by atoms with E-state index >= 15 is 0 Å². The zero-order valence-electron chi connectivity index (χ0n) is 11.0. The summed E-state index contributed by atoms with van der Waals surface area (Å²) in [7, 11) is 0. The van der Waals surface area contributed by atoms with Gasteiger partial charge in [-0.1, -0.05) is 30.3 Å². The maximum absolute atomic E-state index is 14.0. The van der Waals surface area contributed by atoms with Gasteiger partial charge in [0.2, 0.25) is 0 Å². The molecule has 1 unspecified atom stereocenters. The van der Waals surface area contributed by atoms with Gasteiger partial charge in [0.25, 0.3) is 0 Å². The van der Waals surface area contributed by atoms with E-state index in [4.69, 9.17) is 0 Å². The Morgan fingerprint density at radius 2 is 1.95 bits per heavy atom. The van der Waals surface area contributed by atoms with Gasteiger partial charge < -0.3 is 0 Å². The van der Waals surface area contributed by atoms with Crippen LogP contribution in [0.25, 0.3) is 0 Å². The summed E-state index contributed by atoms with van der Waals surface area (Å²) in [5.41, 5.74) is 4.08. The molecule has 0 radical (unpaired) electrons. The first kappa shape index (κ1) is 12.1. The fraction of sp³-hybridized carbons (Fsp3) is 0.235. The molecule has 0 heterocycles. The molecule has 0 bridgehead atoms. The van der Waals surface area contributed by atoms with Gasteiger partial charge in [-0.2, -0.15) is 0 Å². The molecule has 2 aromatic rings. The van der Waals surface area contributed by atoms with Gasteiger partial charge in [-0.3, -0.25) is 4.79 Å². The molecule has 19 heavy (non-hydrogen) atoms. The molecule has 1 aliphatic carbocycles. The third-order valence-electron chi connectivity index (χ3n) is 3.85. The largest absolute Gasteiger partial charge is 0.293 e. The molecule has 0 amide bonds. The van der Waals surface area contributed by atoms with Crippen molar-refractivity contribution in [3.8, 4) is 0 Å². The van der Waals surface area contributed by atoms with Crippen molar-refractivity contribution >= 4 is 5.78 Å². The van der Waals surface area contributed by atoms with Crippen molar-refractivity contribution < 1.29 is 9.18 Å². The number of carbonyl (C=O) groups is 1. The van der Waals surface area contributed by atoms with Gasteiger partial charge in [-0.25, -0.2) is 4.39 Å². The number of benzene rings is 2. The van der Waals surface area contributed by atoms with Crippen molar-refractivity contribution in [1.29, 1.82) is 0 Å². The Morgan fingerprint density at radius 1 is 1.21 bits per heavy atom. The molecule has 0 aromatic heterocycles. The van der Waals surface area contributed by atoms with Gasteiger partial charge in [0.15, 0.2) is 5.78 Å². The Morgan fingerprint density at radius 3 is 2.63 bits per heavy atom. The summed E-state index contributed by atoms with van der Waals surface area (Å²) in [6, 6.07) is 11.2. The lowest BCUT2D eigenvalue weighted by molar-refractivity contribution is 0.0944. The van der Waals surface area contributed by atoms with Crippen molar-refractivity contribution in [3.63, 3.8) is 0 Å². The van der Waals surface area contributed by atoms with Gasteiger partial charge in [0.05, 0.1) is 11.5 Å². The van der Waals surface area contributed by atoms with E-state index in [-0.39, 0.29) is 17.3 Å². The number of rotatable bonds is 2. The van der Waals surface area contributed by atoms with Crippen LogP contribution in [0.1, 0.15) is 38.5 Å². The highest BCUT2D eigenvalue weighted by atomic mass is 19.1. The number of ketones is 1. The average Bonchev–Trinajstić information content (AvgIpc) is 2.29. The number of fused-ring (bicyclic) bond motifs is 1. The molecule has 0 N–H and O–H groups in total. The lowest BCUT2D eigenvalue weighted by Crippen LogP contribution is -2.26. The predicted octanol–water partition coefficient (Wildman–Crippen LogP) is 3.97. The molecule has 3 rings (SSSR count). The van der Waals surface area contributed by atoms with E-state index in [1.807, 2.05) is 37.3 Å². The molecule has 0 saturated carbocycles. The fourth-order valence-electron chi connectivity index (χ4n) is 2.89. The van der Waals surface area contributed by atoms with E-state index in [1.165, 1.54) is 11.6 Å². The highest BCUT2D eigenvalue weighted by molar-refractivity contribution is 6.04. The van der Waals surface area contributed by atoms with E-state index in [1.54, 1.807) is 6.92 Å². The van der Waals surface area contributed by atoms with Crippen molar-refractivity contribution in [2.45, 2.75) is 26.2 Å². The van der Waals surface area contributed by atoms with Crippen LogP contribution in [0, 0.1) is 19.7 Å². The van der Waals surface area contributed by atoms with Crippen LogP contribution in [-0.4, -0.2) is 5.78 Å². The Bertz CT molecular complexity index is 650. The minimum Gasteiger partial charge on any atom is -0.293 e. The second-order valence-corrected chi connectivity index (χ2v) is 5.26. The minimum atomic E-state index is -0.396. The molecule has 2 aromatic carbocycles. The molecule has 1 atom stereocenters. The van der Waals surface area contributed by atoms with Crippen LogP contribution in [0.3, 0.4) is 0 Å². The Hall–Kier alpha value is -1.96. The molecule has 2 heteroatoms. The van der Waals surface area contributed by atoms with Gasteiger partial charge >= 0.3 is 0 Å². The third kappa shape index (κ3) is 1.88. The maximum Gasteiger partial charge on any atom is 0.173 e. The lowest BCUT2D eigenvalue weighted by Gasteiger charge is -2.29. The van der Waals surface area contributed by atoms with E-state index in [9.17, 15) is 9.18 Å². The van der Waals surface area contributed by atoms with E-state index in [0.29, 0.717) is 0 Å². The van der Waals surface area contributed by atoms with E-state index in [0.717, 1.165) is 23.1 Å². The molecule has 0 aliphatic heterocycles. The lowest BCUT2D eigenvalue weighted by atomic mass is 9.73. The number of Topliss-reactive ketones (excluding diaryl/α,β-unsaturated/α-hetero) is 1. The van der Waals surface area contributed by atoms with Gasteiger partial charge in [0.1, 0.15) is 5.82 Å². The summed E-state index contributed by atoms with van der Waals surface area (Å²) < 4.78 is 14.0. The van der Waals surface area contributed by atoms with Crippen LogP contribution in [0.5, 0.6) is 0 Å². The van der Waals surface area contributed by atoms with Gasteiger partial charge in [-0.05, 0) is 48.6 Å². The number of halogens is 1. The number of hydrogen-bond donors (Lipinski definition) is 0. The highest BCUT2D eigenvalue weighted by Crippen LogP contribution is 2.38. The first-order chi connectivity index (χ1) is 9.08. The maximum atomic E-state index is 14.0. The van der Waals surface area contributed by atoms with Crippen LogP contribution >= 0.6 is 0 Å². The molecule has 1 nitrogen and oxygen atoms in total. The smallest absolute Gasteiger partial charge is 0.173 e. The first-order valence-corrected chi connectivity index (χ1v) is 6.46. The molecule has 0 saturated heterocycles. The summed E-state index contributed by atoms with van der Waals surface area (Å²) >= 11 is 0. The van der Waals surface area contributed by atoms with Crippen molar-refractivity contribution in [2.75, 3.05) is 0 Å². The van der Waals surface area contributed by atoms with Crippen molar-refractivity contribution in [2.24, 2.45) is 0 Å². The quantitative estimate of drug-likeness (QED) is 0.741. The van der Waals surface area contributed by atoms with E-state index < -0.39 is 5.82 Å². The summed E-state index contributed by atoms with van der Waals surface area (Å²) in [5.74, 6) is -0.660. The Kier molecular flexibility index (Phi) is 2.74. The van der Waals surface area contributed by atoms with Crippen LogP contribution < -0.4 is 0 Å². The van der Waals surface area contributed by atoms with Crippen LogP contribution in [0.15, 0.2) is 36.4 Å². The number of hydrogen-bond acceptors (Lipinski definition) is 1. The number of carbonyl (C=O) groups excluding carboxylic acids is 1. The van der Waals surface area contributed by atoms with Crippen molar-refractivity contribution in [3.05, 3.63) is 70.0 Å². The van der Waals surface area contributed by atoms with Gasteiger partial charge in [-0.15, -0.1) is 0 Å². The molecule has 1 aliphatic rings. The Balaban J connectivity index is 2.00. The second-order valence-electron chi connectivity index (χ2n) is 5.26. The van der Waals surface area contributed by atoms with Crippen LogP contribution in [0.2, 0.25) is 0 Å². The molecular formula is C17H15FO. The van der Waals surface area contributed by atoms with E-state index in [2.05, 4.69) is 0 Å². The predicted molar refractivity (Wildman–Crippen MR) is 73.1 cm³/mol. The number of aryl methyl sites for hydroxylation is 2. The monoisotopic (exact) mass is 254 g/mol. The Labute approximate surface area is 112 Å². The molecule has 0 spiro atoms. The van der Waals surface area contributed by atoms with Gasteiger partial charge in [0, 0.05) is 0 Å². The topological polar surface area (TPSA) is 17.1 Å². The SMILES string of the molecule is Cc1cc(C)c(C(=O)C2Cc3ccccc32)c(F)c1. The van der Waals surface area contributed by atoms with Crippen LogP contribution in [0.4, 0.5) is 4.39 Å². The fourth-order valence-corrected chi connectivity index (χ4v) is 2.89. The zero-order chi connectivity index (χ0) is 13.6. The zero-order valence-corrected chi connectivity index (χ0v) is 11.0. The summed E-state index contributed by atoms with van der Waals surface area (Å²) in [6.07, 6.45) is 0.724. The minimum absolute atomic E-state index is 0.0892. The second kappa shape index (κ2) is 4.30. The standard InChI is InChI=1S/C17H15FO/c1-10-7-11(2)16(15(18)8-10)17(19)14-9-12-5-3-4-6-13(12)14/h3-8,14H,9H2,1-2H3. The summed E-state index contributed by atoms with van der Waals surface area (Å²) in [4.78, 5) is 12.5. The molecular weight excluding hydrogens is 239 g/mol. The highest BCUT2D eigenvalue weighted by Gasteiger charge is 2.34. The normalized spacial score (nSPS) is 16.7.